The molecular formula is C16H12BrN3O3. The lowest BCUT2D eigenvalue weighted by molar-refractivity contribution is -0.116. The van der Waals surface area contributed by atoms with E-state index in [1.165, 1.54) is 23.2 Å². The van der Waals surface area contributed by atoms with Crippen molar-refractivity contribution in [3.8, 4) is 11.5 Å². The maximum absolute atomic E-state index is 12.1. The molecule has 0 unspecified atom stereocenters. The molecular weight excluding hydrogens is 362 g/mol. The highest BCUT2D eigenvalue weighted by Crippen LogP contribution is 2.15. The summed E-state index contributed by atoms with van der Waals surface area (Å²) in [6.07, 6.45) is 2.84. The van der Waals surface area contributed by atoms with Crippen LogP contribution in [0.4, 0.5) is 5.69 Å². The fourth-order valence-electron chi connectivity index (χ4n) is 1.99. The van der Waals surface area contributed by atoms with Crippen LogP contribution in [-0.4, -0.2) is 15.5 Å². The Balaban J connectivity index is 1.71. The summed E-state index contributed by atoms with van der Waals surface area (Å²) < 4.78 is 7.35. The minimum Gasteiger partial charge on any atom is -0.463 e. The molecule has 0 radical (unpaired) electrons. The molecule has 7 heteroatoms. The molecule has 2 aromatic heterocycles. The van der Waals surface area contributed by atoms with Gasteiger partial charge in [0.1, 0.15) is 12.2 Å². The third-order valence-corrected chi connectivity index (χ3v) is 3.62. The van der Waals surface area contributed by atoms with Crippen molar-refractivity contribution < 1.29 is 9.21 Å². The highest BCUT2D eigenvalue weighted by Gasteiger charge is 2.08. The molecule has 3 rings (SSSR count). The molecule has 1 aromatic carbocycles. The van der Waals surface area contributed by atoms with Crippen LogP contribution in [0, 0.1) is 0 Å². The van der Waals surface area contributed by atoms with Crippen LogP contribution < -0.4 is 10.9 Å². The Morgan fingerprint density at radius 2 is 2.04 bits per heavy atom. The summed E-state index contributed by atoms with van der Waals surface area (Å²) in [4.78, 5) is 28.2. The van der Waals surface area contributed by atoms with E-state index in [2.05, 4.69) is 26.2 Å². The Hall–Kier alpha value is -2.67. The van der Waals surface area contributed by atoms with E-state index in [1.54, 1.807) is 24.3 Å². The fourth-order valence-corrected chi connectivity index (χ4v) is 2.26. The van der Waals surface area contributed by atoms with E-state index in [1.807, 2.05) is 12.1 Å². The highest BCUT2D eigenvalue weighted by atomic mass is 79.9. The monoisotopic (exact) mass is 373 g/mol. The first-order valence-corrected chi connectivity index (χ1v) is 7.57. The van der Waals surface area contributed by atoms with Gasteiger partial charge >= 0.3 is 0 Å². The lowest BCUT2D eigenvalue weighted by Crippen LogP contribution is -2.27. The number of nitrogens with one attached hydrogen (secondary N) is 1. The molecule has 0 saturated carbocycles. The second-order valence-corrected chi connectivity index (χ2v) is 5.69. The van der Waals surface area contributed by atoms with Gasteiger partial charge in [-0.3, -0.25) is 14.2 Å². The quantitative estimate of drug-likeness (QED) is 0.762. The van der Waals surface area contributed by atoms with Gasteiger partial charge in [-0.15, -0.1) is 0 Å². The number of amides is 1. The average molecular weight is 374 g/mol. The van der Waals surface area contributed by atoms with Crippen LogP contribution in [0.15, 0.2) is 68.7 Å². The van der Waals surface area contributed by atoms with Crippen LogP contribution in [0.3, 0.4) is 0 Å². The number of carbonyl (C=O) groups excluding carboxylic acids is 1. The number of benzene rings is 1. The molecule has 1 N–H and O–H groups in total. The number of furan rings is 1. The second-order valence-electron chi connectivity index (χ2n) is 4.77. The Morgan fingerprint density at radius 3 is 2.70 bits per heavy atom. The minimum absolute atomic E-state index is 0.111. The molecule has 0 aliphatic rings. The number of rotatable bonds is 4. The van der Waals surface area contributed by atoms with Crippen molar-refractivity contribution in [3.63, 3.8) is 0 Å². The van der Waals surface area contributed by atoms with E-state index in [0.717, 1.165) is 4.47 Å². The predicted octanol–water partition coefficient (Wildman–Crippen LogP) is 2.90. The summed E-state index contributed by atoms with van der Waals surface area (Å²) in [5.41, 5.74) is 0.772. The minimum atomic E-state index is -0.322. The van der Waals surface area contributed by atoms with Gasteiger partial charge < -0.3 is 9.73 Å². The van der Waals surface area contributed by atoms with Crippen LogP contribution >= 0.6 is 15.9 Å². The zero-order valence-corrected chi connectivity index (χ0v) is 13.5. The molecule has 0 aliphatic carbocycles. The third kappa shape index (κ3) is 3.75. The third-order valence-electron chi connectivity index (χ3n) is 3.10. The summed E-state index contributed by atoms with van der Waals surface area (Å²) in [6, 6.07) is 11.9. The molecule has 6 nitrogen and oxygen atoms in total. The van der Waals surface area contributed by atoms with E-state index in [0.29, 0.717) is 17.1 Å². The van der Waals surface area contributed by atoms with Gasteiger partial charge in [-0.2, -0.15) is 0 Å². The first kappa shape index (κ1) is 15.2. The van der Waals surface area contributed by atoms with Gasteiger partial charge in [0.2, 0.25) is 5.91 Å². The number of anilines is 1. The van der Waals surface area contributed by atoms with Crippen molar-refractivity contribution in [2.45, 2.75) is 6.54 Å². The van der Waals surface area contributed by atoms with Gasteiger partial charge in [-0.1, -0.05) is 15.9 Å². The SMILES string of the molecule is O=C(Cn1cnc(-c2ccco2)cc1=O)Nc1ccc(Br)cc1. The van der Waals surface area contributed by atoms with Gasteiger partial charge in [0.15, 0.2) is 5.76 Å². The van der Waals surface area contributed by atoms with E-state index >= 15 is 0 Å². The van der Waals surface area contributed by atoms with Gasteiger partial charge in [0, 0.05) is 16.2 Å². The molecule has 0 aliphatic heterocycles. The summed E-state index contributed by atoms with van der Waals surface area (Å²) in [6.45, 7) is -0.111. The first-order chi connectivity index (χ1) is 11.1. The molecule has 0 saturated heterocycles. The van der Waals surface area contributed by atoms with Crippen molar-refractivity contribution in [3.05, 3.63) is 69.9 Å². The Labute approximate surface area is 139 Å². The smallest absolute Gasteiger partial charge is 0.254 e. The number of nitrogens with zero attached hydrogens (tertiary/aromatic N) is 2. The Bertz CT molecular complexity index is 870. The van der Waals surface area contributed by atoms with E-state index in [4.69, 9.17) is 4.42 Å². The lowest BCUT2D eigenvalue weighted by Gasteiger charge is -2.07. The maximum Gasteiger partial charge on any atom is 0.254 e. The Morgan fingerprint density at radius 1 is 1.26 bits per heavy atom. The van der Waals surface area contributed by atoms with Crippen LogP contribution in [0.5, 0.6) is 0 Å². The molecule has 0 spiro atoms. The summed E-state index contributed by atoms with van der Waals surface area (Å²) in [7, 11) is 0. The number of aromatic nitrogens is 2. The van der Waals surface area contributed by atoms with Crippen LogP contribution in [0.1, 0.15) is 0 Å². The van der Waals surface area contributed by atoms with Crippen LogP contribution in [0.2, 0.25) is 0 Å². The van der Waals surface area contributed by atoms with Gasteiger partial charge in [0.25, 0.3) is 5.56 Å². The standard InChI is InChI=1S/C16H12BrN3O3/c17-11-3-5-12(6-4-11)19-15(21)9-20-10-18-13(8-16(20)22)14-2-1-7-23-14/h1-8,10H,9H2,(H,19,21). The molecule has 23 heavy (non-hydrogen) atoms. The molecule has 1 amide bonds. The normalized spacial score (nSPS) is 10.5. The summed E-state index contributed by atoms with van der Waals surface area (Å²) >= 11 is 3.32. The van der Waals surface area contributed by atoms with E-state index < -0.39 is 0 Å². The number of hydrogen-bond acceptors (Lipinski definition) is 4. The predicted molar refractivity (Wildman–Crippen MR) is 89.0 cm³/mol. The topological polar surface area (TPSA) is 77.1 Å². The Kier molecular flexibility index (Phi) is 4.38. The summed E-state index contributed by atoms with van der Waals surface area (Å²) in [5, 5.41) is 2.72. The van der Waals surface area contributed by atoms with Crippen molar-refractivity contribution in [2.24, 2.45) is 0 Å². The van der Waals surface area contributed by atoms with Crippen molar-refractivity contribution in [2.75, 3.05) is 5.32 Å². The molecule has 0 fully saturated rings. The van der Waals surface area contributed by atoms with Gasteiger partial charge in [-0.25, -0.2) is 4.98 Å². The molecule has 116 valence electrons. The summed E-state index contributed by atoms with van der Waals surface area (Å²) in [5.74, 6) is 0.204. The number of carbonyl (C=O) groups is 1. The van der Waals surface area contributed by atoms with Crippen LogP contribution in [-0.2, 0) is 11.3 Å². The maximum atomic E-state index is 12.1. The lowest BCUT2D eigenvalue weighted by atomic mass is 10.3. The molecule has 0 bridgehead atoms. The first-order valence-electron chi connectivity index (χ1n) is 6.77. The van der Waals surface area contributed by atoms with Crippen molar-refractivity contribution in [1.82, 2.24) is 9.55 Å². The molecule has 3 aromatic rings. The number of halogens is 1. The number of hydrogen-bond donors (Lipinski definition) is 1. The largest absolute Gasteiger partial charge is 0.463 e. The van der Waals surface area contributed by atoms with Gasteiger partial charge in [-0.05, 0) is 36.4 Å². The van der Waals surface area contributed by atoms with Crippen LogP contribution in [0.25, 0.3) is 11.5 Å². The highest BCUT2D eigenvalue weighted by molar-refractivity contribution is 9.10. The molecule has 2 heterocycles. The molecule has 0 atom stereocenters. The zero-order valence-electron chi connectivity index (χ0n) is 11.9. The van der Waals surface area contributed by atoms with E-state index in [9.17, 15) is 9.59 Å². The second kappa shape index (κ2) is 6.62. The average Bonchev–Trinajstić information content (AvgIpc) is 3.06. The fraction of sp³-hybridized carbons (Fsp3) is 0.0625. The van der Waals surface area contributed by atoms with Gasteiger partial charge in [0.05, 0.1) is 12.6 Å². The zero-order chi connectivity index (χ0) is 16.2. The van der Waals surface area contributed by atoms with Crippen molar-refractivity contribution >= 4 is 27.5 Å². The van der Waals surface area contributed by atoms with Crippen molar-refractivity contribution in [1.29, 1.82) is 0 Å². The van der Waals surface area contributed by atoms with E-state index in [-0.39, 0.29) is 18.0 Å².